The number of hydrogen-bond acceptors (Lipinski definition) is 3. The summed E-state index contributed by atoms with van der Waals surface area (Å²) in [5, 5.41) is 3.33. The van der Waals surface area contributed by atoms with Crippen molar-refractivity contribution < 1.29 is 8.42 Å². The summed E-state index contributed by atoms with van der Waals surface area (Å²) in [6, 6.07) is 7.66. The van der Waals surface area contributed by atoms with Gasteiger partial charge in [0.15, 0.2) is 0 Å². The van der Waals surface area contributed by atoms with Crippen molar-refractivity contribution in [1.82, 2.24) is 9.62 Å². The number of nitrogens with zero attached hydrogens (tertiary/aromatic N) is 1. The average Bonchev–Trinajstić information content (AvgIpc) is 3.26. The van der Waals surface area contributed by atoms with Crippen LogP contribution in [0.3, 0.4) is 0 Å². The lowest BCUT2D eigenvalue weighted by atomic mass is 10.2. The van der Waals surface area contributed by atoms with E-state index in [0.717, 1.165) is 24.9 Å². The first-order valence-corrected chi connectivity index (χ1v) is 9.20. The third-order valence-corrected chi connectivity index (χ3v) is 5.74. The second-order valence-corrected chi connectivity index (χ2v) is 8.02. The molecule has 0 aliphatic heterocycles. The number of benzene rings is 1. The molecule has 2 rings (SSSR count). The van der Waals surface area contributed by atoms with Gasteiger partial charge >= 0.3 is 0 Å². The largest absolute Gasteiger partial charge is 0.310 e. The molecule has 118 valence electrons. The third kappa shape index (κ3) is 4.53. The molecular weight excluding hydrogens is 284 g/mol. The van der Waals surface area contributed by atoms with Gasteiger partial charge in [-0.05, 0) is 36.5 Å². The summed E-state index contributed by atoms with van der Waals surface area (Å²) < 4.78 is 26.8. The molecule has 0 aromatic heterocycles. The average molecular weight is 310 g/mol. The zero-order valence-corrected chi connectivity index (χ0v) is 14.0. The molecule has 0 saturated heterocycles. The summed E-state index contributed by atoms with van der Waals surface area (Å²) in [5.74, 6) is 0.564. The lowest BCUT2D eigenvalue weighted by molar-refractivity contribution is 0.412. The number of sulfonamides is 1. The van der Waals surface area contributed by atoms with Crippen LogP contribution in [0, 0.1) is 5.92 Å². The van der Waals surface area contributed by atoms with Crippen LogP contribution in [0.5, 0.6) is 0 Å². The Morgan fingerprint density at radius 1 is 1.24 bits per heavy atom. The van der Waals surface area contributed by atoms with E-state index in [1.807, 2.05) is 19.1 Å². The van der Waals surface area contributed by atoms with Crippen molar-refractivity contribution in [2.24, 2.45) is 5.92 Å². The molecule has 0 bridgehead atoms. The molecule has 0 spiro atoms. The Labute approximate surface area is 128 Å². The van der Waals surface area contributed by atoms with Crippen LogP contribution in [0.15, 0.2) is 29.2 Å². The van der Waals surface area contributed by atoms with E-state index in [1.165, 1.54) is 0 Å². The van der Waals surface area contributed by atoms with Gasteiger partial charge in [-0.2, -0.15) is 4.31 Å². The van der Waals surface area contributed by atoms with Crippen LogP contribution in [-0.4, -0.2) is 31.9 Å². The molecule has 1 N–H and O–H groups in total. The molecule has 0 atom stereocenters. The summed E-state index contributed by atoms with van der Waals surface area (Å²) in [4.78, 5) is 0.401. The van der Waals surface area contributed by atoms with Gasteiger partial charge in [0.25, 0.3) is 0 Å². The van der Waals surface area contributed by atoms with E-state index in [1.54, 1.807) is 16.4 Å². The highest BCUT2D eigenvalue weighted by atomic mass is 32.2. The van der Waals surface area contributed by atoms with Gasteiger partial charge in [-0.15, -0.1) is 0 Å². The van der Waals surface area contributed by atoms with E-state index in [4.69, 9.17) is 0 Å². The van der Waals surface area contributed by atoms with Crippen molar-refractivity contribution in [2.75, 3.05) is 13.1 Å². The second-order valence-electron chi connectivity index (χ2n) is 6.08. The van der Waals surface area contributed by atoms with Gasteiger partial charge in [0.05, 0.1) is 4.90 Å². The normalized spacial score (nSPS) is 15.9. The van der Waals surface area contributed by atoms with E-state index >= 15 is 0 Å². The van der Waals surface area contributed by atoms with Gasteiger partial charge in [-0.25, -0.2) is 8.42 Å². The molecule has 1 fully saturated rings. The fraction of sp³-hybridized carbons (Fsp3) is 0.625. The maximum Gasteiger partial charge on any atom is 0.243 e. The van der Waals surface area contributed by atoms with Gasteiger partial charge in [0.2, 0.25) is 10.0 Å². The summed E-state index contributed by atoms with van der Waals surface area (Å²) in [6.45, 7) is 8.05. The minimum absolute atomic E-state index is 0.401. The van der Waals surface area contributed by atoms with Crippen molar-refractivity contribution in [3.8, 4) is 0 Å². The molecule has 5 heteroatoms. The van der Waals surface area contributed by atoms with Gasteiger partial charge in [0, 0.05) is 25.7 Å². The van der Waals surface area contributed by atoms with E-state index in [9.17, 15) is 8.42 Å². The first-order chi connectivity index (χ1) is 9.93. The number of nitrogens with one attached hydrogen (secondary N) is 1. The predicted molar refractivity (Wildman–Crippen MR) is 85.6 cm³/mol. The van der Waals surface area contributed by atoms with Crippen LogP contribution in [0.2, 0.25) is 0 Å². The highest BCUT2D eigenvalue weighted by Gasteiger charge is 2.30. The highest BCUT2D eigenvalue weighted by Crippen LogP contribution is 2.31. The molecule has 0 heterocycles. The Hall–Kier alpha value is -0.910. The van der Waals surface area contributed by atoms with E-state index < -0.39 is 10.0 Å². The van der Waals surface area contributed by atoms with E-state index in [-0.39, 0.29) is 0 Å². The van der Waals surface area contributed by atoms with E-state index in [0.29, 0.717) is 29.9 Å². The van der Waals surface area contributed by atoms with Gasteiger partial charge in [0.1, 0.15) is 0 Å². The highest BCUT2D eigenvalue weighted by molar-refractivity contribution is 7.89. The molecule has 1 saturated carbocycles. The zero-order valence-electron chi connectivity index (χ0n) is 13.2. The molecule has 4 nitrogen and oxygen atoms in total. The Kier molecular flexibility index (Phi) is 5.41. The first-order valence-electron chi connectivity index (χ1n) is 7.76. The van der Waals surface area contributed by atoms with Crippen molar-refractivity contribution in [3.05, 3.63) is 29.8 Å². The minimum Gasteiger partial charge on any atom is -0.310 e. The summed E-state index contributed by atoms with van der Waals surface area (Å²) in [7, 11) is -3.34. The van der Waals surface area contributed by atoms with Crippen LogP contribution in [0.1, 0.15) is 39.2 Å². The molecular formula is C16H26N2O2S. The molecule has 1 aromatic rings. The molecule has 1 aliphatic rings. The zero-order chi connectivity index (χ0) is 15.5. The molecule has 1 aromatic carbocycles. The fourth-order valence-corrected chi connectivity index (χ4v) is 3.76. The summed E-state index contributed by atoms with van der Waals surface area (Å²) >= 11 is 0. The van der Waals surface area contributed by atoms with Crippen molar-refractivity contribution in [2.45, 2.75) is 51.1 Å². The van der Waals surface area contributed by atoms with Crippen LogP contribution >= 0.6 is 0 Å². The minimum atomic E-state index is -3.34. The molecule has 0 radical (unpaired) electrons. The monoisotopic (exact) mass is 310 g/mol. The van der Waals surface area contributed by atoms with Crippen LogP contribution in [0.25, 0.3) is 0 Å². The molecule has 0 amide bonds. The van der Waals surface area contributed by atoms with Crippen LogP contribution in [0.4, 0.5) is 0 Å². The maximum atomic E-state index is 12.6. The van der Waals surface area contributed by atoms with Crippen molar-refractivity contribution in [1.29, 1.82) is 0 Å². The lowest BCUT2D eigenvalue weighted by Gasteiger charge is -2.20. The maximum absolute atomic E-state index is 12.6. The quantitative estimate of drug-likeness (QED) is 0.803. The van der Waals surface area contributed by atoms with Gasteiger partial charge < -0.3 is 5.32 Å². The Balaban J connectivity index is 2.08. The summed E-state index contributed by atoms with van der Waals surface area (Å²) in [5.41, 5.74) is 1.10. The van der Waals surface area contributed by atoms with Crippen molar-refractivity contribution >= 4 is 10.0 Å². The number of hydrogen-bond donors (Lipinski definition) is 1. The van der Waals surface area contributed by atoms with Gasteiger partial charge in [-0.1, -0.05) is 32.9 Å². The standard InChI is InChI=1S/C16H26N2O2S/c1-4-18(12-15-5-6-15)21(19,20)16-9-7-14(8-10-16)11-17-13(2)3/h7-10,13,15,17H,4-6,11-12H2,1-3H3. The van der Waals surface area contributed by atoms with Crippen LogP contribution < -0.4 is 5.32 Å². The topological polar surface area (TPSA) is 49.4 Å². The SMILES string of the molecule is CCN(CC1CC1)S(=O)(=O)c1ccc(CNC(C)C)cc1. The first kappa shape index (κ1) is 16.5. The molecule has 21 heavy (non-hydrogen) atoms. The molecule has 1 aliphatic carbocycles. The van der Waals surface area contributed by atoms with Crippen LogP contribution in [-0.2, 0) is 16.6 Å². The number of rotatable bonds is 8. The molecule has 0 unspecified atom stereocenters. The Bertz CT molecular complexity index is 548. The fourth-order valence-electron chi connectivity index (χ4n) is 2.24. The van der Waals surface area contributed by atoms with E-state index in [2.05, 4.69) is 19.2 Å². The second kappa shape index (κ2) is 6.90. The van der Waals surface area contributed by atoms with Crippen molar-refractivity contribution in [3.63, 3.8) is 0 Å². The Morgan fingerprint density at radius 3 is 2.33 bits per heavy atom. The predicted octanol–water partition coefficient (Wildman–Crippen LogP) is 2.61. The smallest absolute Gasteiger partial charge is 0.243 e. The third-order valence-electron chi connectivity index (χ3n) is 3.79. The Morgan fingerprint density at radius 2 is 1.86 bits per heavy atom. The lowest BCUT2D eigenvalue weighted by Crippen LogP contribution is -2.32. The summed E-state index contributed by atoms with van der Waals surface area (Å²) in [6.07, 6.45) is 2.32. The van der Waals surface area contributed by atoms with Gasteiger partial charge in [-0.3, -0.25) is 0 Å².